The highest BCUT2D eigenvalue weighted by Gasteiger charge is 2.11. The molecule has 102 valence electrons. The minimum Gasteiger partial charge on any atom is -0.389 e. The summed E-state index contributed by atoms with van der Waals surface area (Å²) in [5, 5.41) is 16.6. The van der Waals surface area contributed by atoms with Crippen molar-refractivity contribution in [3.8, 4) is 0 Å². The zero-order valence-corrected chi connectivity index (χ0v) is 13.0. The number of benzene rings is 1. The average Bonchev–Trinajstić information content (AvgIpc) is 2.69. The molecule has 2 rings (SSSR count). The number of nitrogens with zero attached hydrogens (tertiary/aromatic N) is 2. The van der Waals surface area contributed by atoms with Gasteiger partial charge in [0.05, 0.1) is 6.10 Å². The molecular formula is C12H14BrN3O2S. The van der Waals surface area contributed by atoms with E-state index in [9.17, 15) is 9.90 Å². The van der Waals surface area contributed by atoms with Gasteiger partial charge in [-0.15, -0.1) is 5.10 Å². The first-order valence-electron chi connectivity index (χ1n) is 5.83. The minimum absolute atomic E-state index is 0.204. The van der Waals surface area contributed by atoms with E-state index in [-0.39, 0.29) is 5.69 Å². The molecule has 7 heteroatoms. The minimum atomic E-state index is -0.521. The Labute approximate surface area is 123 Å². The van der Waals surface area contributed by atoms with Crippen molar-refractivity contribution in [3.05, 3.63) is 38.7 Å². The summed E-state index contributed by atoms with van der Waals surface area (Å²) in [6, 6.07) is 5.67. The third-order valence-electron chi connectivity index (χ3n) is 2.67. The number of hydrogen-bond donors (Lipinski definition) is 2. The molecule has 0 aliphatic carbocycles. The Morgan fingerprint density at radius 2 is 2.32 bits per heavy atom. The molecule has 2 aromatic rings. The van der Waals surface area contributed by atoms with Crippen molar-refractivity contribution < 1.29 is 5.11 Å². The lowest BCUT2D eigenvalue weighted by Crippen LogP contribution is -2.15. The molecule has 0 unspecified atom stereocenters. The van der Waals surface area contributed by atoms with Crippen LogP contribution in [0.25, 0.3) is 0 Å². The Kier molecular flexibility index (Phi) is 4.49. The van der Waals surface area contributed by atoms with Crippen LogP contribution < -0.4 is 5.69 Å². The van der Waals surface area contributed by atoms with Crippen molar-refractivity contribution >= 4 is 27.7 Å². The molecular weight excluding hydrogens is 330 g/mol. The summed E-state index contributed by atoms with van der Waals surface area (Å²) < 4.78 is 2.41. The molecule has 2 N–H and O–H groups in total. The quantitative estimate of drug-likeness (QED) is 0.894. The highest BCUT2D eigenvalue weighted by molar-refractivity contribution is 9.10. The molecule has 1 heterocycles. The third kappa shape index (κ3) is 3.10. The second-order valence-corrected chi connectivity index (χ2v) is 5.91. The molecule has 0 saturated carbocycles. The van der Waals surface area contributed by atoms with Gasteiger partial charge in [0.25, 0.3) is 0 Å². The van der Waals surface area contributed by atoms with E-state index in [0.717, 1.165) is 14.9 Å². The van der Waals surface area contributed by atoms with Gasteiger partial charge in [0.2, 0.25) is 0 Å². The van der Waals surface area contributed by atoms with Crippen LogP contribution >= 0.6 is 27.7 Å². The summed E-state index contributed by atoms with van der Waals surface area (Å²) in [6.07, 6.45) is -0.521. The van der Waals surface area contributed by atoms with Gasteiger partial charge in [-0.2, -0.15) is 0 Å². The van der Waals surface area contributed by atoms with E-state index in [1.807, 2.05) is 25.1 Å². The van der Waals surface area contributed by atoms with Gasteiger partial charge < -0.3 is 5.11 Å². The predicted molar refractivity (Wildman–Crippen MR) is 77.4 cm³/mol. The van der Waals surface area contributed by atoms with E-state index < -0.39 is 6.10 Å². The molecule has 0 fully saturated rings. The Morgan fingerprint density at radius 3 is 2.89 bits per heavy atom. The van der Waals surface area contributed by atoms with E-state index >= 15 is 0 Å². The standard InChI is InChI=1S/C12H14BrN3O2S/c1-3-16-11(18)14-15-12(16)19-8-4-5-9(7(2)17)10(13)6-8/h4-7,17H,3H2,1-2H3,(H,14,18)/t7-/m1/s1. The predicted octanol–water partition coefficient (Wildman–Crippen LogP) is 2.56. The maximum absolute atomic E-state index is 11.5. The van der Waals surface area contributed by atoms with E-state index in [1.54, 1.807) is 11.5 Å². The van der Waals surface area contributed by atoms with Gasteiger partial charge in [-0.25, -0.2) is 9.89 Å². The lowest BCUT2D eigenvalue weighted by Gasteiger charge is -2.09. The summed E-state index contributed by atoms with van der Waals surface area (Å²) in [6.45, 7) is 4.19. The average molecular weight is 344 g/mol. The van der Waals surface area contributed by atoms with Gasteiger partial charge in [0, 0.05) is 15.9 Å². The van der Waals surface area contributed by atoms with Crippen LogP contribution in [0.3, 0.4) is 0 Å². The lowest BCUT2D eigenvalue weighted by molar-refractivity contribution is 0.198. The molecule has 19 heavy (non-hydrogen) atoms. The first-order chi connectivity index (χ1) is 9.02. The van der Waals surface area contributed by atoms with Crippen molar-refractivity contribution in [1.29, 1.82) is 0 Å². The molecule has 0 saturated heterocycles. The van der Waals surface area contributed by atoms with Crippen LogP contribution in [0.4, 0.5) is 0 Å². The molecule has 1 aromatic carbocycles. The highest BCUT2D eigenvalue weighted by atomic mass is 79.9. The van der Waals surface area contributed by atoms with Crippen LogP contribution in [-0.4, -0.2) is 19.9 Å². The van der Waals surface area contributed by atoms with Crippen LogP contribution in [0.1, 0.15) is 25.5 Å². The SMILES string of the molecule is CCn1c(Sc2ccc([C@@H](C)O)c(Br)c2)n[nH]c1=O. The van der Waals surface area contributed by atoms with E-state index in [1.165, 1.54) is 11.8 Å². The van der Waals surface area contributed by atoms with Crippen LogP contribution in [0, 0.1) is 0 Å². The number of rotatable bonds is 4. The summed E-state index contributed by atoms with van der Waals surface area (Å²) in [5.74, 6) is 0. The summed E-state index contributed by atoms with van der Waals surface area (Å²) >= 11 is 4.83. The first kappa shape index (κ1) is 14.4. The van der Waals surface area contributed by atoms with Gasteiger partial charge in [-0.05, 0) is 43.3 Å². The number of H-pyrrole nitrogens is 1. The van der Waals surface area contributed by atoms with Crippen LogP contribution in [-0.2, 0) is 6.54 Å². The number of aromatic amines is 1. The Hall–Kier alpha value is -1.05. The van der Waals surface area contributed by atoms with Gasteiger partial charge >= 0.3 is 5.69 Å². The smallest absolute Gasteiger partial charge is 0.343 e. The maximum Gasteiger partial charge on any atom is 0.343 e. The summed E-state index contributed by atoms with van der Waals surface area (Å²) in [7, 11) is 0. The van der Waals surface area contributed by atoms with E-state index in [0.29, 0.717) is 11.7 Å². The van der Waals surface area contributed by atoms with Crippen LogP contribution in [0.2, 0.25) is 0 Å². The Balaban J connectivity index is 2.29. The first-order valence-corrected chi connectivity index (χ1v) is 7.44. The zero-order valence-electron chi connectivity index (χ0n) is 10.6. The maximum atomic E-state index is 11.5. The number of aliphatic hydroxyl groups is 1. The van der Waals surface area contributed by atoms with Crippen LogP contribution in [0.5, 0.6) is 0 Å². The summed E-state index contributed by atoms with van der Waals surface area (Å²) in [4.78, 5) is 12.4. The van der Waals surface area contributed by atoms with Gasteiger partial charge in [-0.3, -0.25) is 4.57 Å². The molecule has 1 aromatic heterocycles. The van der Waals surface area contributed by atoms with Gasteiger partial charge in [0.15, 0.2) is 5.16 Å². The number of nitrogens with one attached hydrogen (secondary N) is 1. The second kappa shape index (κ2) is 5.94. The third-order valence-corrected chi connectivity index (χ3v) is 4.34. The van der Waals surface area contributed by atoms with Crippen molar-refractivity contribution in [2.75, 3.05) is 0 Å². The Morgan fingerprint density at radius 1 is 1.58 bits per heavy atom. The normalized spacial score (nSPS) is 12.6. The molecule has 0 amide bonds. The molecule has 0 spiro atoms. The fourth-order valence-corrected chi connectivity index (χ4v) is 3.47. The Bertz CT molecular complexity index is 636. The van der Waals surface area contributed by atoms with E-state index in [4.69, 9.17) is 0 Å². The van der Waals surface area contributed by atoms with Crippen molar-refractivity contribution in [2.45, 2.75) is 36.5 Å². The molecule has 0 aliphatic rings. The molecule has 5 nitrogen and oxygen atoms in total. The van der Waals surface area contributed by atoms with Gasteiger partial charge in [0.1, 0.15) is 0 Å². The largest absolute Gasteiger partial charge is 0.389 e. The number of aromatic nitrogens is 3. The zero-order chi connectivity index (χ0) is 14.0. The highest BCUT2D eigenvalue weighted by Crippen LogP contribution is 2.31. The molecule has 1 atom stereocenters. The molecule has 0 radical (unpaired) electrons. The topological polar surface area (TPSA) is 70.9 Å². The molecule has 0 bridgehead atoms. The number of halogens is 1. The fraction of sp³-hybridized carbons (Fsp3) is 0.333. The fourth-order valence-electron chi connectivity index (χ4n) is 1.68. The van der Waals surface area contributed by atoms with Crippen LogP contribution in [0.15, 0.2) is 37.5 Å². The monoisotopic (exact) mass is 343 g/mol. The molecule has 0 aliphatic heterocycles. The summed E-state index contributed by atoms with van der Waals surface area (Å²) in [5.41, 5.74) is 0.629. The second-order valence-electron chi connectivity index (χ2n) is 4.02. The lowest BCUT2D eigenvalue weighted by atomic mass is 10.1. The van der Waals surface area contributed by atoms with Crippen molar-refractivity contribution in [3.63, 3.8) is 0 Å². The van der Waals surface area contributed by atoms with Crippen molar-refractivity contribution in [1.82, 2.24) is 14.8 Å². The van der Waals surface area contributed by atoms with Crippen molar-refractivity contribution in [2.24, 2.45) is 0 Å². The number of hydrogen-bond acceptors (Lipinski definition) is 4. The number of aliphatic hydroxyl groups excluding tert-OH is 1. The van der Waals surface area contributed by atoms with Gasteiger partial charge in [-0.1, -0.05) is 22.0 Å². The van der Waals surface area contributed by atoms with E-state index in [2.05, 4.69) is 26.1 Å².